The van der Waals surface area contributed by atoms with Gasteiger partial charge < -0.3 is 4.74 Å². The highest BCUT2D eigenvalue weighted by molar-refractivity contribution is 5.21. The molecule has 0 saturated heterocycles. The van der Waals surface area contributed by atoms with Crippen LogP contribution >= 0.6 is 0 Å². The molecule has 1 aromatic rings. The number of benzene rings is 1. The Balaban J connectivity index is 2.09. The summed E-state index contributed by atoms with van der Waals surface area (Å²) in [6.45, 7) is 5.33. The molecule has 1 rings (SSSR count). The predicted octanol–water partition coefficient (Wildman–Crippen LogP) is 14.7. The Kier molecular flexibility index (Phi) is 30.2. The van der Waals surface area contributed by atoms with Gasteiger partial charge in [0.25, 0.3) is 0 Å². The summed E-state index contributed by atoms with van der Waals surface area (Å²) in [4.78, 5) is 0. The van der Waals surface area contributed by atoms with Crippen molar-refractivity contribution in [1.29, 1.82) is 0 Å². The van der Waals surface area contributed by atoms with Crippen LogP contribution in [-0.4, -0.2) is 6.61 Å². The highest BCUT2D eigenvalue weighted by Gasteiger charge is 2.01. The average Bonchev–Trinajstić information content (AvgIpc) is 3.01. The fourth-order valence-electron chi connectivity index (χ4n) is 6.19. The first-order valence-electron chi connectivity index (χ1n) is 19.2. The molecule has 244 valence electrons. The Hall–Kier alpha value is -1.24. The molecule has 0 heterocycles. The zero-order chi connectivity index (χ0) is 30.0. The van der Waals surface area contributed by atoms with E-state index < -0.39 is 0 Å². The minimum atomic E-state index is 0.719. The first-order chi connectivity index (χ1) is 20.9. The van der Waals surface area contributed by atoms with E-state index in [1.54, 1.807) is 5.57 Å². The second kappa shape index (κ2) is 32.7. The number of allylic oxidation sites excluding steroid dienone is 1. The maximum Gasteiger partial charge on any atom is 0.119 e. The van der Waals surface area contributed by atoms with Gasteiger partial charge in [-0.1, -0.05) is 205 Å². The van der Waals surface area contributed by atoms with E-state index >= 15 is 0 Å². The Morgan fingerprint density at radius 2 is 0.738 bits per heavy atom. The minimum absolute atomic E-state index is 0.719. The molecule has 0 aromatic heterocycles. The van der Waals surface area contributed by atoms with Crippen molar-refractivity contribution in [3.63, 3.8) is 0 Å². The number of hydrogen-bond acceptors (Lipinski definition) is 1. The first kappa shape index (κ1) is 38.8. The SMILES string of the molecule is CCCCCCCCCCCCCCCCC(=CCOc1ccccc1)CCCCCCCCCCCCCCCC. The second-order valence-corrected chi connectivity index (χ2v) is 13.2. The first-order valence-corrected chi connectivity index (χ1v) is 19.2. The molecule has 0 spiro atoms. The summed E-state index contributed by atoms with van der Waals surface area (Å²) < 4.78 is 6.01. The number of ether oxygens (including phenoxy) is 1. The molecule has 0 bridgehead atoms. The van der Waals surface area contributed by atoms with Crippen molar-refractivity contribution in [2.45, 2.75) is 206 Å². The standard InChI is InChI=1S/C41H74O/c1-3-5-7-9-11-13-15-17-19-21-23-25-27-30-34-40(38-39-42-41-36-32-29-33-37-41)35-31-28-26-24-22-20-18-16-14-12-10-8-6-4-2/h29,32-33,36-38H,3-28,30-31,34-35,39H2,1-2H3. The molecule has 0 N–H and O–H groups in total. The van der Waals surface area contributed by atoms with Gasteiger partial charge in [0, 0.05) is 0 Å². The Morgan fingerprint density at radius 1 is 0.429 bits per heavy atom. The third kappa shape index (κ3) is 27.6. The summed E-state index contributed by atoms with van der Waals surface area (Å²) in [5, 5.41) is 0. The van der Waals surface area contributed by atoms with Gasteiger partial charge in [-0.2, -0.15) is 0 Å². The smallest absolute Gasteiger partial charge is 0.119 e. The molecule has 1 heteroatoms. The molecular formula is C41H74O. The average molecular weight is 583 g/mol. The van der Waals surface area contributed by atoms with Crippen LogP contribution in [0.15, 0.2) is 42.0 Å². The van der Waals surface area contributed by atoms with Gasteiger partial charge in [-0.3, -0.25) is 0 Å². The molecular weight excluding hydrogens is 508 g/mol. The van der Waals surface area contributed by atoms with Crippen molar-refractivity contribution in [3.8, 4) is 5.75 Å². The van der Waals surface area contributed by atoms with E-state index in [4.69, 9.17) is 4.74 Å². The molecule has 1 aromatic carbocycles. The van der Waals surface area contributed by atoms with Crippen molar-refractivity contribution in [1.82, 2.24) is 0 Å². The quantitative estimate of drug-likeness (QED) is 0.0591. The van der Waals surface area contributed by atoms with Crippen LogP contribution < -0.4 is 4.74 Å². The highest BCUT2D eigenvalue weighted by atomic mass is 16.5. The van der Waals surface area contributed by atoms with Crippen molar-refractivity contribution < 1.29 is 4.74 Å². The van der Waals surface area contributed by atoms with Crippen LogP contribution in [0.1, 0.15) is 206 Å². The van der Waals surface area contributed by atoms with Crippen LogP contribution in [0.5, 0.6) is 5.75 Å². The van der Waals surface area contributed by atoms with Crippen LogP contribution in [0.4, 0.5) is 0 Å². The summed E-state index contributed by atoms with van der Waals surface area (Å²) in [7, 11) is 0. The van der Waals surface area contributed by atoms with Gasteiger partial charge in [-0.25, -0.2) is 0 Å². The van der Waals surface area contributed by atoms with Gasteiger partial charge in [0.1, 0.15) is 12.4 Å². The third-order valence-corrected chi connectivity index (χ3v) is 9.07. The lowest BCUT2D eigenvalue weighted by molar-refractivity contribution is 0.361. The highest BCUT2D eigenvalue weighted by Crippen LogP contribution is 2.20. The van der Waals surface area contributed by atoms with Crippen molar-refractivity contribution in [2.24, 2.45) is 0 Å². The van der Waals surface area contributed by atoms with Gasteiger partial charge in [-0.05, 0) is 43.9 Å². The number of hydrogen-bond donors (Lipinski definition) is 0. The van der Waals surface area contributed by atoms with Crippen LogP contribution in [0.3, 0.4) is 0 Å². The van der Waals surface area contributed by atoms with Crippen LogP contribution in [0.2, 0.25) is 0 Å². The molecule has 42 heavy (non-hydrogen) atoms. The Morgan fingerprint density at radius 3 is 1.07 bits per heavy atom. The lowest BCUT2D eigenvalue weighted by Gasteiger charge is -2.10. The summed E-state index contributed by atoms with van der Waals surface area (Å²) in [5.41, 5.74) is 1.64. The van der Waals surface area contributed by atoms with E-state index in [2.05, 4.69) is 50.3 Å². The summed E-state index contributed by atoms with van der Waals surface area (Å²) in [6, 6.07) is 10.3. The fourth-order valence-corrected chi connectivity index (χ4v) is 6.19. The van der Waals surface area contributed by atoms with E-state index in [1.165, 1.54) is 193 Å². The largest absolute Gasteiger partial charge is 0.490 e. The van der Waals surface area contributed by atoms with Crippen molar-refractivity contribution >= 4 is 0 Å². The summed E-state index contributed by atoms with van der Waals surface area (Å²) in [6.07, 6.45) is 45.1. The molecule has 0 aliphatic heterocycles. The zero-order valence-corrected chi connectivity index (χ0v) is 28.8. The number of para-hydroxylation sites is 1. The molecule has 0 amide bonds. The maximum atomic E-state index is 6.01. The predicted molar refractivity (Wildman–Crippen MR) is 190 cm³/mol. The van der Waals surface area contributed by atoms with Gasteiger partial charge in [-0.15, -0.1) is 0 Å². The van der Waals surface area contributed by atoms with E-state index in [-0.39, 0.29) is 0 Å². The summed E-state index contributed by atoms with van der Waals surface area (Å²) in [5.74, 6) is 0.987. The number of rotatable bonds is 33. The van der Waals surface area contributed by atoms with E-state index in [9.17, 15) is 0 Å². The molecule has 0 unspecified atom stereocenters. The number of unbranched alkanes of at least 4 members (excludes halogenated alkanes) is 26. The molecule has 0 fully saturated rings. The van der Waals surface area contributed by atoms with Crippen molar-refractivity contribution in [3.05, 3.63) is 42.0 Å². The molecule has 0 radical (unpaired) electrons. The lowest BCUT2D eigenvalue weighted by Crippen LogP contribution is -1.96. The molecule has 0 aliphatic rings. The van der Waals surface area contributed by atoms with E-state index in [1.807, 2.05) is 0 Å². The topological polar surface area (TPSA) is 9.23 Å². The lowest BCUT2D eigenvalue weighted by atomic mass is 9.98. The minimum Gasteiger partial charge on any atom is -0.490 e. The van der Waals surface area contributed by atoms with Crippen molar-refractivity contribution in [2.75, 3.05) is 6.61 Å². The summed E-state index contributed by atoms with van der Waals surface area (Å²) >= 11 is 0. The maximum absolute atomic E-state index is 6.01. The van der Waals surface area contributed by atoms with Gasteiger partial charge in [0.05, 0.1) is 0 Å². The molecule has 1 nitrogen and oxygen atoms in total. The third-order valence-electron chi connectivity index (χ3n) is 9.07. The van der Waals surface area contributed by atoms with Crippen LogP contribution in [0, 0.1) is 0 Å². The second-order valence-electron chi connectivity index (χ2n) is 13.2. The van der Waals surface area contributed by atoms with Gasteiger partial charge in [0.2, 0.25) is 0 Å². The molecule has 0 saturated carbocycles. The van der Waals surface area contributed by atoms with E-state index in [0.717, 1.165) is 12.4 Å². The Bertz CT molecular complexity index is 629. The van der Waals surface area contributed by atoms with E-state index in [0.29, 0.717) is 0 Å². The van der Waals surface area contributed by atoms with Gasteiger partial charge >= 0.3 is 0 Å². The monoisotopic (exact) mass is 583 g/mol. The van der Waals surface area contributed by atoms with Crippen LogP contribution in [-0.2, 0) is 0 Å². The Labute approximate surface area is 265 Å². The van der Waals surface area contributed by atoms with Crippen LogP contribution in [0.25, 0.3) is 0 Å². The normalized spacial score (nSPS) is 11.2. The van der Waals surface area contributed by atoms with Gasteiger partial charge in [0.15, 0.2) is 0 Å². The zero-order valence-electron chi connectivity index (χ0n) is 28.8. The molecule has 0 aliphatic carbocycles. The molecule has 0 atom stereocenters. The fraction of sp³-hybridized carbons (Fsp3) is 0.805.